The van der Waals surface area contributed by atoms with Crippen molar-refractivity contribution < 1.29 is 28.5 Å². The fourth-order valence-corrected chi connectivity index (χ4v) is 9.46. The lowest BCUT2D eigenvalue weighted by atomic mass is 9.90. The molecule has 3 aliphatic rings. The number of unbranched alkanes of at least 4 members (excludes halogenated alkanes) is 2. The third-order valence-electron chi connectivity index (χ3n) is 13.1. The van der Waals surface area contributed by atoms with Crippen LogP contribution in [-0.4, -0.2) is 68.2 Å². The molecule has 0 radical (unpaired) electrons. The van der Waals surface area contributed by atoms with Crippen LogP contribution in [0.5, 0.6) is 0 Å². The van der Waals surface area contributed by atoms with E-state index in [0.29, 0.717) is 37.9 Å². The number of carbonyl (C=O) groups excluding carboxylic acids is 2. The zero-order valence-corrected chi connectivity index (χ0v) is 37.1. The van der Waals surface area contributed by atoms with Crippen molar-refractivity contribution in [3.8, 4) is 0 Å². The maximum Gasteiger partial charge on any atom is 0.306 e. The van der Waals surface area contributed by atoms with E-state index < -0.39 is 0 Å². The van der Waals surface area contributed by atoms with Crippen molar-refractivity contribution in [3.63, 3.8) is 0 Å². The molecule has 3 saturated heterocycles. The Labute approximate surface area is 346 Å². The average molecular weight is 790 g/mol. The highest BCUT2D eigenvalue weighted by molar-refractivity contribution is 5.70. The fourth-order valence-electron chi connectivity index (χ4n) is 9.46. The maximum absolute atomic E-state index is 12.8. The van der Waals surface area contributed by atoms with Gasteiger partial charge < -0.3 is 23.8 Å². The first-order valence-electron chi connectivity index (χ1n) is 24.9. The van der Waals surface area contributed by atoms with E-state index >= 15 is 0 Å². The van der Waals surface area contributed by atoms with Crippen LogP contribution in [0, 0.1) is 11.8 Å². The van der Waals surface area contributed by atoms with Gasteiger partial charge >= 0.3 is 11.9 Å². The van der Waals surface area contributed by atoms with Crippen molar-refractivity contribution in [2.75, 3.05) is 39.5 Å². The molecule has 328 valence electrons. The number of hydrogen-bond acceptors (Lipinski definition) is 7. The molecule has 0 aromatic rings. The zero-order valence-electron chi connectivity index (χ0n) is 37.1. The van der Waals surface area contributed by atoms with Crippen LogP contribution in [0.3, 0.4) is 0 Å². The molecule has 7 heteroatoms. The van der Waals surface area contributed by atoms with Crippen LogP contribution in [0.25, 0.3) is 0 Å². The second-order valence-corrected chi connectivity index (χ2v) is 18.3. The molecule has 56 heavy (non-hydrogen) atoms. The summed E-state index contributed by atoms with van der Waals surface area (Å²) in [7, 11) is 0. The Kier molecular flexibility index (Phi) is 28.7. The Morgan fingerprint density at radius 1 is 0.536 bits per heavy atom. The number of esters is 2. The van der Waals surface area contributed by atoms with E-state index in [1.807, 2.05) is 0 Å². The second kappa shape index (κ2) is 32.6. The van der Waals surface area contributed by atoms with Crippen LogP contribution < -0.4 is 0 Å². The highest BCUT2D eigenvalue weighted by Crippen LogP contribution is 2.36. The Hall–Kier alpha value is -1.18. The Balaban J connectivity index is 1.44. The Morgan fingerprint density at radius 3 is 1.43 bits per heavy atom. The van der Waals surface area contributed by atoms with Crippen LogP contribution in [-0.2, 0) is 28.5 Å². The highest BCUT2D eigenvalue weighted by Gasteiger charge is 2.40. The summed E-state index contributed by atoms with van der Waals surface area (Å²) in [6.07, 6.45) is 40.6. The lowest BCUT2D eigenvalue weighted by molar-refractivity contribution is -0.180. The molecule has 3 heterocycles. The van der Waals surface area contributed by atoms with E-state index in [0.717, 1.165) is 83.8 Å². The number of ether oxygens (including phenoxy) is 4. The quantitative estimate of drug-likeness (QED) is 0.215. The first-order chi connectivity index (χ1) is 27.5. The lowest BCUT2D eigenvalue weighted by Crippen LogP contribution is -2.32. The van der Waals surface area contributed by atoms with E-state index in [9.17, 15) is 9.59 Å². The Morgan fingerprint density at radius 2 is 0.964 bits per heavy atom. The van der Waals surface area contributed by atoms with Gasteiger partial charge in [-0.25, -0.2) is 0 Å². The molecule has 0 bridgehead atoms. The summed E-state index contributed by atoms with van der Waals surface area (Å²) in [6, 6.07) is 0. The molecule has 0 saturated carbocycles. The van der Waals surface area contributed by atoms with Crippen molar-refractivity contribution in [1.82, 2.24) is 4.90 Å². The second-order valence-electron chi connectivity index (χ2n) is 18.3. The average Bonchev–Trinajstić information content (AvgIpc) is 3.87. The Bertz CT molecular complexity index is 897. The van der Waals surface area contributed by atoms with Crippen LogP contribution in [0.1, 0.15) is 239 Å². The summed E-state index contributed by atoms with van der Waals surface area (Å²) in [5.41, 5.74) is 0. The van der Waals surface area contributed by atoms with E-state index in [1.54, 1.807) is 0 Å². The topological polar surface area (TPSA) is 74.3 Å². The predicted octanol–water partition coefficient (Wildman–Crippen LogP) is 13.4. The van der Waals surface area contributed by atoms with E-state index in [2.05, 4.69) is 18.7 Å². The monoisotopic (exact) mass is 790 g/mol. The van der Waals surface area contributed by atoms with Crippen LogP contribution in [0.4, 0.5) is 0 Å². The predicted molar refractivity (Wildman–Crippen MR) is 232 cm³/mol. The summed E-state index contributed by atoms with van der Waals surface area (Å²) in [4.78, 5) is 28.1. The minimum atomic E-state index is -0.368. The van der Waals surface area contributed by atoms with Crippen molar-refractivity contribution >= 4 is 11.9 Å². The molecule has 0 amide bonds. The van der Waals surface area contributed by atoms with Crippen molar-refractivity contribution in [1.29, 1.82) is 0 Å². The molecular formula is C49H91NO6. The van der Waals surface area contributed by atoms with Crippen molar-refractivity contribution in [3.05, 3.63) is 0 Å². The van der Waals surface area contributed by atoms with Crippen LogP contribution in [0.15, 0.2) is 0 Å². The lowest BCUT2D eigenvalue weighted by Gasteiger charge is -2.29. The molecule has 3 atom stereocenters. The van der Waals surface area contributed by atoms with Gasteiger partial charge in [-0.3, -0.25) is 9.59 Å². The first-order valence-corrected chi connectivity index (χ1v) is 24.9. The van der Waals surface area contributed by atoms with Gasteiger partial charge in [0, 0.05) is 32.2 Å². The van der Waals surface area contributed by atoms with Crippen LogP contribution in [0.2, 0.25) is 0 Å². The number of carbonyl (C=O) groups is 2. The third kappa shape index (κ3) is 24.0. The van der Waals surface area contributed by atoms with Crippen molar-refractivity contribution in [2.24, 2.45) is 11.8 Å². The van der Waals surface area contributed by atoms with Crippen LogP contribution >= 0.6 is 0 Å². The standard InChI is InChI=1S/C49H91NO6/c1-3-5-29-44-31-21-15-16-22-32-45(30-6-4-2)42-48(52)54-40-28-20-14-10-8-12-18-24-35-49(55-43-46(56-49)33-38-50-36-25-26-37-50)34-23-17-11-7-9-13-19-27-39-53-47(51)41-44/h44-46H,3-43H2,1-2H3. The zero-order chi connectivity index (χ0) is 39.8. The fraction of sp³-hybridized carbons (Fsp3) is 0.959. The maximum atomic E-state index is 12.8. The summed E-state index contributed by atoms with van der Waals surface area (Å²) in [6.45, 7) is 10.0. The molecule has 1 spiro atoms. The van der Waals surface area contributed by atoms with E-state index in [1.165, 1.54) is 154 Å². The molecule has 3 unspecified atom stereocenters. The largest absolute Gasteiger partial charge is 0.466 e. The number of rotatable bonds is 9. The molecule has 0 aromatic carbocycles. The molecule has 7 nitrogen and oxygen atoms in total. The van der Waals surface area contributed by atoms with E-state index in [4.69, 9.17) is 18.9 Å². The van der Waals surface area contributed by atoms with Gasteiger partial charge in [-0.15, -0.1) is 0 Å². The highest BCUT2D eigenvalue weighted by atomic mass is 16.7. The summed E-state index contributed by atoms with van der Waals surface area (Å²) in [5, 5.41) is 0. The molecule has 3 rings (SSSR count). The number of hydrogen-bond donors (Lipinski definition) is 0. The first kappa shape index (κ1) is 49.2. The summed E-state index contributed by atoms with van der Waals surface area (Å²) < 4.78 is 24.8. The number of nitrogens with zero attached hydrogens (tertiary/aromatic N) is 1. The van der Waals surface area contributed by atoms with Gasteiger partial charge in [0.1, 0.15) is 0 Å². The van der Waals surface area contributed by atoms with E-state index in [-0.39, 0.29) is 23.8 Å². The summed E-state index contributed by atoms with van der Waals surface area (Å²) in [5.74, 6) is 0.549. The van der Waals surface area contributed by atoms with Gasteiger partial charge in [-0.2, -0.15) is 0 Å². The summed E-state index contributed by atoms with van der Waals surface area (Å²) >= 11 is 0. The molecule has 3 fully saturated rings. The minimum Gasteiger partial charge on any atom is -0.466 e. The van der Waals surface area contributed by atoms with Gasteiger partial charge in [-0.1, -0.05) is 142 Å². The van der Waals surface area contributed by atoms with Gasteiger partial charge in [0.05, 0.1) is 25.9 Å². The third-order valence-corrected chi connectivity index (χ3v) is 13.1. The molecule has 0 N–H and O–H groups in total. The molecule has 3 aliphatic heterocycles. The molecular weight excluding hydrogens is 699 g/mol. The number of cyclic esters (lactones) is 2. The SMILES string of the molecule is CCCCC1CCCCCCC(CCCC)CC(=O)OCCCCCCCCCCC2(CCCCCCCCCCOC(=O)C1)OCC(CCN1CCCC1)O2. The normalized spacial score (nSPS) is 28.9. The van der Waals surface area contributed by atoms with Gasteiger partial charge in [0.2, 0.25) is 0 Å². The van der Waals surface area contributed by atoms with Gasteiger partial charge in [-0.05, 0) is 95.6 Å². The number of likely N-dealkylation sites (tertiary alicyclic amines) is 1. The smallest absolute Gasteiger partial charge is 0.306 e. The van der Waals surface area contributed by atoms with Gasteiger partial charge in [0.15, 0.2) is 5.79 Å². The minimum absolute atomic E-state index is 0.00961. The molecule has 0 aromatic heterocycles. The van der Waals surface area contributed by atoms with Gasteiger partial charge in [0.25, 0.3) is 0 Å². The molecule has 0 aliphatic carbocycles. The van der Waals surface area contributed by atoms with Crippen molar-refractivity contribution in [2.45, 2.75) is 250 Å².